The largest absolute Gasteiger partial charge is 0.493 e. The third-order valence-corrected chi connectivity index (χ3v) is 3.39. The van der Waals surface area contributed by atoms with Gasteiger partial charge in [-0.05, 0) is 44.7 Å². The number of ether oxygens (including phenoxy) is 1. The molecule has 0 spiro atoms. The number of rotatable bonds is 1. The molecule has 0 bridgehead atoms. The first-order chi connectivity index (χ1) is 7.59. The van der Waals surface area contributed by atoms with Gasteiger partial charge < -0.3 is 10.5 Å². The van der Waals surface area contributed by atoms with Crippen LogP contribution in [0, 0.1) is 13.8 Å². The van der Waals surface area contributed by atoms with E-state index in [0.717, 1.165) is 25.2 Å². The molecule has 0 radical (unpaired) electrons. The first kappa shape index (κ1) is 11.5. The normalized spacial score (nSPS) is 21.9. The van der Waals surface area contributed by atoms with Gasteiger partial charge in [0, 0.05) is 12.0 Å². The Hall–Kier alpha value is -1.02. The Morgan fingerprint density at radius 2 is 2.12 bits per heavy atom. The maximum atomic E-state index is 6.10. The van der Waals surface area contributed by atoms with Gasteiger partial charge in [-0.3, -0.25) is 0 Å². The van der Waals surface area contributed by atoms with Crippen molar-refractivity contribution in [1.82, 2.24) is 0 Å². The van der Waals surface area contributed by atoms with E-state index in [-0.39, 0.29) is 6.04 Å². The van der Waals surface area contributed by atoms with Crippen LogP contribution in [0.1, 0.15) is 42.4 Å². The van der Waals surface area contributed by atoms with Gasteiger partial charge in [0.2, 0.25) is 0 Å². The van der Waals surface area contributed by atoms with E-state index in [1.165, 1.54) is 16.7 Å². The molecule has 1 heterocycles. The standard InChI is InChI=1S/C14H21NO/c1-9-7-10(2)14-13(8-9)12(11(3)15)5-4-6-16-14/h7-8,11-12H,4-6,15H2,1-3H3. The molecule has 0 saturated heterocycles. The van der Waals surface area contributed by atoms with E-state index in [2.05, 4.69) is 32.9 Å². The predicted molar refractivity (Wildman–Crippen MR) is 67.0 cm³/mol. The van der Waals surface area contributed by atoms with Crippen molar-refractivity contribution < 1.29 is 4.74 Å². The molecule has 2 unspecified atom stereocenters. The fourth-order valence-electron chi connectivity index (χ4n) is 2.64. The first-order valence-corrected chi connectivity index (χ1v) is 6.09. The summed E-state index contributed by atoms with van der Waals surface area (Å²) in [6.07, 6.45) is 2.23. The molecule has 0 aliphatic carbocycles. The van der Waals surface area contributed by atoms with Crippen molar-refractivity contribution >= 4 is 0 Å². The highest BCUT2D eigenvalue weighted by Crippen LogP contribution is 2.37. The highest BCUT2D eigenvalue weighted by atomic mass is 16.5. The van der Waals surface area contributed by atoms with Crippen LogP contribution in [-0.4, -0.2) is 12.6 Å². The monoisotopic (exact) mass is 219 g/mol. The summed E-state index contributed by atoms with van der Waals surface area (Å²) in [6, 6.07) is 4.62. The van der Waals surface area contributed by atoms with Crippen molar-refractivity contribution in [2.45, 2.75) is 45.6 Å². The minimum Gasteiger partial charge on any atom is -0.493 e. The molecule has 2 rings (SSSR count). The van der Waals surface area contributed by atoms with Crippen LogP contribution in [-0.2, 0) is 0 Å². The quantitative estimate of drug-likeness (QED) is 0.788. The average Bonchev–Trinajstić information content (AvgIpc) is 2.39. The van der Waals surface area contributed by atoms with Gasteiger partial charge >= 0.3 is 0 Å². The lowest BCUT2D eigenvalue weighted by atomic mass is 9.87. The van der Waals surface area contributed by atoms with Gasteiger partial charge in [-0.25, -0.2) is 0 Å². The molecule has 1 aliphatic rings. The fraction of sp³-hybridized carbons (Fsp3) is 0.571. The molecule has 0 amide bonds. The van der Waals surface area contributed by atoms with Gasteiger partial charge in [0.15, 0.2) is 0 Å². The maximum Gasteiger partial charge on any atom is 0.125 e. The van der Waals surface area contributed by atoms with Crippen molar-refractivity contribution in [3.8, 4) is 5.75 Å². The lowest BCUT2D eigenvalue weighted by Crippen LogP contribution is -2.24. The van der Waals surface area contributed by atoms with Crippen LogP contribution < -0.4 is 10.5 Å². The molecule has 16 heavy (non-hydrogen) atoms. The van der Waals surface area contributed by atoms with Crippen LogP contribution in [0.3, 0.4) is 0 Å². The van der Waals surface area contributed by atoms with Crippen molar-refractivity contribution in [3.05, 3.63) is 28.8 Å². The van der Waals surface area contributed by atoms with Crippen molar-refractivity contribution in [2.24, 2.45) is 5.73 Å². The number of nitrogens with two attached hydrogens (primary N) is 1. The molecule has 1 aliphatic heterocycles. The molecule has 1 aromatic carbocycles. The van der Waals surface area contributed by atoms with E-state index in [1.54, 1.807) is 0 Å². The minimum absolute atomic E-state index is 0.196. The van der Waals surface area contributed by atoms with Crippen LogP contribution >= 0.6 is 0 Å². The van der Waals surface area contributed by atoms with E-state index in [4.69, 9.17) is 10.5 Å². The Bertz CT molecular complexity index is 385. The van der Waals surface area contributed by atoms with Crippen molar-refractivity contribution in [2.75, 3.05) is 6.61 Å². The smallest absolute Gasteiger partial charge is 0.125 e. The molecule has 2 N–H and O–H groups in total. The molecular formula is C14H21NO. The van der Waals surface area contributed by atoms with Crippen LogP contribution in [0.4, 0.5) is 0 Å². The van der Waals surface area contributed by atoms with E-state index in [1.807, 2.05) is 0 Å². The fourth-order valence-corrected chi connectivity index (χ4v) is 2.64. The predicted octanol–water partition coefficient (Wildman–Crippen LogP) is 2.91. The Morgan fingerprint density at radius 3 is 2.81 bits per heavy atom. The molecule has 0 aromatic heterocycles. The average molecular weight is 219 g/mol. The Labute approximate surface area is 97.8 Å². The lowest BCUT2D eigenvalue weighted by molar-refractivity contribution is 0.313. The molecular weight excluding hydrogens is 198 g/mol. The van der Waals surface area contributed by atoms with Gasteiger partial charge in [-0.2, -0.15) is 0 Å². The zero-order chi connectivity index (χ0) is 11.7. The Balaban J connectivity index is 2.51. The topological polar surface area (TPSA) is 35.2 Å². The van der Waals surface area contributed by atoms with Gasteiger partial charge in [0.25, 0.3) is 0 Å². The molecule has 2 nitrogen and oxygen atoms in total. The van der Waals surface area contributed by atoms with Crippen molar-refractivity contribution in [3.63, 3.8) is 0 Å². The minimum atomic E-state index is 0.196. The summed E-state index contributed by atoms with van der Waals surface area (Å²) in [6.45, 7) is 7.17. The summed E-state index contributed by atoms with van der Waals surface area (Å²) in [4.78, 5) is 0. The van der Waals surface area contributed by atoms with E-state index in [9.17, 15) is 0 Å². The summed E-state index contributed by atoms with van der Waals surface area (Å²) >= 11 is 0. The van der Waals surface area contributed by atoms with Gasteiger partial charge in [0.05, 0.1) is 6.61 Å². The number of aryl methyl sites for hydroxylation is 2. The Kier molecular flexibility index (Phi) is 3.20. The summed E-state index contributed by atoms with van der Waals surface area (Å²) in [7, 11) is 0. The molecule has 2 heteroatoms. The van der Waals surface area contributed by atoms with Crippen LogP contribution in [0.15, 0.2) is 12.1 Å². The second kappa shape index (κ2) is 4.46. The van der Waals surface area contributed by atoms with Gasteiger partial charge in [-0.1, -0.05) is 17.7 Å². The maximum absolute atomic E-state index is 6.10. The summed E-state index contributed by atoms with van der Waals surface area (Å²) in [5, 5.41) is 0. The van der Waals surface area contributed by atoms with E-state index >= 15 is 0 Å². The lowest BCUT2D eigenvalue weighted by Gasteiger charge is -2.21. The molecule has 88 valence electrons. The van der Waals surface area contributed by atoms with Crippen LogP contribution in [0.25, 0.3) is 0 Å². The molecule has 0 saturated carbocycles. The molecule has 1 aromatic rings. The van der Waals surface area contributed by atoms with Crippen molar-refractivity contribution in [1.29, 1.82) is 0 Å². The van der Waals surface area contributed by atoms with Crippen LogP contribution in [0.5, 0.6) is 5.75 Å². The number of hydrogen-bond acceptors (Lipinski definition) is 2. The summed E-state index contributed by atoms with van der Waals surface area (Å²) < 4.78 is 5.86. The Morgan fingerprint density at radius 1 is 1.38 bits per heavy atom. The third-order valence-electron chi connectivity index (χ3n) is 3.39. The van der Waals surface area contributed by atoms with E-state index in [0.29, 0.717) is 5.92 Å². The summed E-state index contributed by atoms with van der Waals surface area (Å²) in [5.74, 6) is 1.52. The van der Waals surface area contributed by atoms with E-state index < -0.39 is 0 Å². The second-order valence-electron chi connectivity index (χ2n) is 4.96. The zero-order valence-corrected chi connectivity index (χ0v) is 10.4. The molecule has 2 atom stereocenters. The van der Waals surface area contributed by atoms with Gasteiger partial charge in [-0.15, -0.1) is 0 Å². The second-order valence-corrected chi connectivity index (χ2v) is 4.96. The zero-order valence-electron chi connectivity index (χ0n) is 10.4. The number of fused-ring (bicyclic) bond motifs is 1. The molecule has 0 fully saturated rings. The SMILES string of the molecule is Cc1cc(C)c2c(c1)C(C(C)N)CCCO2. The van der Waals surface area contributed by atoms with Crippen LogP contribution in [0.2, 0.25) is 0 Å². The summed E-state index contributed by atoms with van der Waals surface area (Å²) in [5.41, 5.74) is 9.94. The number of benzene rings is 1. The number of hydrogen-bond donors (Lipinski definition) is 1. The third kappa shape index (κ3) is 2.07. The first-order valence-electron chi connectivity index (χ1n) is 6.09. The highest BCUT2D eigenvalue weighted by molar-refractivity contribution is 5.46. The van der Waals surface area contributed by atoms with Gasteiger partial charge in [0.1, 0.15) is 5.75 Å². The highest BCUT2D eigenvalue weighted by Gasteiger charge is 2.24.